The molecule has 1 N–H and O–H groups in total. The van der Waals surface area contributed by atoms with Crippen LogP contribution in [0, 0.1) is 30.2 Å². The molecule has 0 saturated heterocycles. The molecule has 1 aliphatic rings. The predicted octanol–water partition coefficient (Wildman–Crippen LogP) is 4.80. The fraction of sp³-hybridized carbons (Fsp3) is 0.381. The van der Waals surface area contributed by atoms with Crippen molar-refractivity contribution in [2.24, 2.45) is 0 Å². The Kier molecular flexibility index (Phi) is 6.41. The summed E-state index contributed by atoms with van der Waals surface area (Å²) < 4.78 is 86.3. The van der Waals surface area contributed by atoms with Crippen LogP contribution < -0.4 is 4.90 Å². The van der Waals surface area contributed by atoms with Gasteiger partial charge in [0.15, 0.2) is 33.1 Å². The van der Waals surface area contributed by atoms with Gasteiger partial charge >= 0.3 is 6.09 Å². The van der Waals surface area contributed by atoms with E-state index >= 15 is 0 Å². The zero-order valence-corrected chi connectivity index (χ0v) is 18.3. The quantitative estimate of drug-likeness (QED) is 0.479. The molecule has 0 fully saturated rings. The topological polar surface area (TPSA) is 83.9 Å². The van der Waals surface area contributed by atoms with Crippen molar-refractivity contribution >= 4 is 21.6 Å². The van der Waals surface area contributed by atoms with Crippen LogP contribution in [0.15, 0.2) is 12.1 Å². The second-order valence-corrected chi connectivity index (χ2v) is 9.64. The van der Waals surface area contributed by atoms with E-state index in [-0.39, 0.29) is 11.1 Å². The van der Waals surface area contributed by atoms with Crippen molar-refractivity contribution in [3.05, 3.63) is 57.7 Å². The Morgan fingerprint density at radius 1 is 1.06 bits per heavy atom. The van der Waals surface area contributed by atoms with Gasteiger partial charge in [-0.1, -0.05) is 13.0 Å². The molecule has 32 heavy (non-hydrogen) atoms. The van der Waals surface area contributed by atoms with E-state index in [0.717, 1.165) is 6.92 Å². The van der Waals surface area contributed by atoms with Crippen LogP contribution in [0.25, 0.3) is 0 Å². The third kappa shape index (κ3) is 4.13. The summed E-state index contributed by atoms with van der Waals surface area (Å²) in [6.45, 7) is 4.47. The Bertz CT molecular complexity index is 1170. The summed E-state index contributed by atoms with van der Waals surface area (Å²) >= 11 is 0. The Labute approximate surface area is 182 Å². The van der Waals surface area contributed by atoms with Gasteiger partial charge in [-0.3, -0.25) is 4.90 Å². The first-order valence-corrected chi connectivity index (χ1v) is 11.6. The van der Waals surface area contributed by atoms with E-state index in [0.29, 0.717) is 18.7 Å². The van der Waals surface area contributed by atoms with Gasteiger partial charge in [0, 0.05) is 23.2 Å². The summed E-state index contributed by atoms with van der Waals surface area (Å²) in [5.74, 6) is -9.53. The van der Waals surface area contributed by atoms with Crippen LogP contribution in [0.5, 0.6) is 5.75 Å². The molecule has 1 amide bonds. The number of benzene rings is 2. The predicted molar refractivity (Wildman–Crippen MR) is 108 cm³/mol. The lowest BCUT2D eigenvalue weighted by Gasteiger charge is -2.33. The van der Waals surface area contributed by atoms with Gasteiger partial charge in [-0.25, -0.2) is 30.8 Å². The Morgan fingerprint density at radius 2 is 1.66 bits per heavy atom. The molecular weight excluding hydrogens is 454 g/mol. The zero-order valence-electron chi connectivity index (χ0n) is 17.5. The maximum Gasteiger partial charge on any atom is 0.414 e. The first kappa shape index (κ1) is 23.8. The SMILES string of the molecule is CCCN1C(=O)OC(C)c2c1ccc(CS(=O)(=O)Cc1c(F)c(F)c(C)c(F)c1F)c2O. The molecule has 0 bridgehead atoms. The van der Waals surface area contributed by atoms with Gasteiger partial charge in [-0.2, -0.15) is 0 Å². The average Bonchev–Trinajstić information content (AvgIpc) is 2.72. The number of sulfone groups is 1. The Hall–Kier alpha value is -2.82. The van der Waals surface area contributed by atoms with Crippen molar-refractivity contribution in [1.82, 2.24) is 0 Å². The molecule has 6 nitrogen and oxygen atoms in total. The maximum absolute atomic E-state index is 14.1. The molecule has 1 heterocycles. The molecule has 2 aromatic rings. The molecule has 3 rings (SSSR count). The largest absolute Gasteiger partial charge is 0.507 e. The highest BCUT2D eigenvalue weighted by Crippen LogP contribution is 2.42. The van der Waals surface area contributed by atoms with Gasteiger partial charge in [0.2, 0.25) is 0 Å². The van der Waals surface area contributed by atoms with Crippen molar-refractivity contribution in [2.45, 2.75) is 44.8 Å². The highest BCUT2D eigenvalue weighted by atomic mass is 32.2. The molecule has 1 unspecified atom stereocenters. The fourth-order valence-electron chi connectivity index (χ4n) is 3.62. The number of hydrogen-bond donors (Lipinski definition) is 1. The number of nitrogens with zero attached hydrogens (tertiary/aromatic N) is 1. The van der Waals surface area contributed by atoms with Crippen molar-refractivity contribution in [1.29, 1.82) is 0 Å². The summed E-state index contributed by atoms with van der Waals surface area (Å²) in [6.07, 6.45) is -0.884. The molecule has 1 aliphatic heterocycles. The smallest absolute Gasteiger partial charge is 0.414 e. The summed E-state index contributed by atoms with van der Waals surface area (Å²) in [4.78, 5) is 13.4. The highest BCUT2D eigenvalue weighted by molar-refractivity contribution is 7.89. The number of amides is 1. The number of anilines is 1. The number of aromatic hydroxyl groups is 1. The lowest BCUT2D eigenvalue weighted by molar-refractivity contribution is 0.106. The maximum atomic E-state index is 14.1. The second kappa shape index (κ2) is 8.61. The van der Waals surface area contributed by atoms with Crippen molar-refractivity contribution in [2.75, 3.05) is 11.4 Å². The van der Waals surface area contributed by atoms with E-state index in [1.54, 1.807) is 0 Å². The minimum atomic E-state index is -4.37. The van der Waals surface area contributed by atoms with Crippen LogP contribution in [-0.4, -0.2) is 26.2 Å². The van der Waals surface area contributed by atoms with Crippen LogP contribution in [0.3, 0.4) is 0 Å². The number of carbonyl (C=O) groups is 1. The number of fused-ring (bicyclic) bond motifs is 1. The van der Waals surface area contributed by atoms with Gasteiger partial charge in [0.25, 0.3) is 0 Å². The molecule has 0 aliphatic carbocycles. The van der Waals surface area contributed by atoms with Crippen LogP contribution >= 0.6 is 0 Å². The van der Waals surface area contributed by atoms with Gasteiger partial charge in [-0.05, 0) is 26.3 Å². The second-order valence-electron chi connectivity index (χ2n) is 7.58. The van der Waals surface area contributed by atoms with Crippen molar-refractivity contribution < 1.29 is 40.6 Å². The molecule has 11 heteroatoms. The normalized spacial score (nSPS) is 16.2. The molecular formula is C21H21F4NO5S. The number of phenolic OH excluding ortho intramolecular Hbond substituents is 1. The summed E-state index contributed by atoms with van der Waals surface area (Å²) in [5, 5.41) is 10.7. The Balaban J connectivity index is 1.98. The van der Waals surface area contributed by atoms with E-state index in [1.807, 2.05) is 6.92 Å². The number of rotatable bonds is 6. The van der Waals surface area contributed by atoms with E-state index in [1.165, 1.54) is 24.0 Å². The molecule has 1 atom stereocenters. The molecule has 0 radical (unpaired) electrons. The highest BCUT2D eigenvalue weighted by Gasteiger charge is 2.34. The third-order valence-corrected chi connectivity index (χ3v) is 6.71. The molecule has 174 valence electrons. The Morgan fingerprint density at radius 3 is 2.22 bits per heavy atom. The van der Waals surface area contributed by atoms with Gasteiger partial charge in [-0.15, -0.1) is 0 Å². The third-order valence-electron chi connectivity index (χ3n) is 5.23. The minimum Gasteiger partial charge on any atom is -0.507 e. The number of cyclic esters (lactones) is 1. The fourth-order valence-corrected chi connectivity index (χ4v) is 5.13. The number of hydrogen-bond acceptors (Lipinski definition) is 5. The molecule has 0 saturated carbocycles. The van der Waals surface area contributed by atoms with Crippen LogP contribution in [0.4, 0.5) is 28.0 Å². The van der Waals surface area contributed by atoms with Crippen LogP contribution in [0.1, 0.15) is 48.6 Å². The monoisotopic (exact) mass is 475 g/mol. The number of carbonyl (C=O) groups excluding carboxylic acids is 1. The summed E-state index contributed by atoms with van der Waals surface area (Å²) in [7, 11) is -4.37. The average molecular weight is 475 g/mol. The van der Waals surface area contributed by atoms with E-state index in [2.05, 4.69) is 0 Å². The minimum absolute atomic E-state index is 0.112. The van der Waals surface area contributed by atoms with Gasteiger partial charge in [0.05, 0.1) is 22.8 Å². The molecule has 0 aromatic heterocycles. The first-order chi connectivity index (χ1) is 14.9. The number of ether oxygens (including phenoxy) is 1. The van der Waals surface area contributed by atoms with E-state index < -0.39 is 73.7 Å². The number of phenols is 1. The lowest BCUT2D eigenvalue weighted by Crippen LogP contribution is -2.37. The first-order valence-electron chi connectivity index (χ1n) is 9.74. The molecule has 2 aromatic carbocycles. The zero-order chi connectivity index (χ0) is 24.0. The van der Waals surface area contributed by atoms with Gasteiger partial charge < -0.3 is 9.84 Å². The summed E-state index contributed by atoms with van der Waals surface area (Å²) in [5.41, 5.74) is -1.71. The number of halogens is 4. The summed E-state index contributed by atoms with van der Waals surface area (Å²) in [6, 6.07) is 2.71. The standard InChI is InChI=1S/C21H21F4NO5S/c1-4-7-26-14-6-5-12(20(27)15(14)11(3)31-21(26)28)8-32(29,30)9-13-18(24)16(22)10(2)17(23)19(13)25/h5-6,11,27H,4,7-9H2,1-3H3. The van der Waals surface area contributed by atoms with E-state index in [9.17, 15) is 35.9 Å². The van der Waals surface area contributed by atoms with Crippen molar-refractivity contribution in [3.63, 3.8) is 0 Å². The van der Waals surface area contributed by atoms with Crippen LogP contribution in [-0.2, 0) is 26.1 Å². The van der Waals surface area contributed by atoms with Crippen LogP contribution in [0.2, 0.25) is 0 Å². The van der Waals surface area contributed by atoms with Gasteiger partial charge in [0.1, 0.15) is 11.9 Å². The van der Waals surface area contributed by atoms with Crippen molar-refractivity contribution in [3.8, 4) is 5.75 Å². The van der Waals surface area contributed by atoms with E-state index in [4.69, 9.17) is 4.74 Å². The molecule has 0 spiro atoms. The lowest BCUT2D eigenvalue weighted by atomic mass is 10.0.